The third kappa shape index (κ3) is 3.06. The Morgan fingerprint density at radius 1 is 1.12 bits per heavy atom. The first-order valence-electron chi connectivity index (χ1n) is 4.64. The maximum absolute atomic E-state index is 11.2. The van der Waals surface area contributed by atoms with Crippen molar-refractivity contribution in [3.8, 4) is 0 Å². The van der Waals surface area contributed by atoms with Crippen molar-refractivity contribution >= 4 is 27.0 Å². The largest absolute Gasteiger partial charge is 1.00 e. The van der Waals surface area contributed by atoms with Gasteiger partial charge in [-0.3, -0.25) is 0 Å². The van der Waals surface area contributed by atoms with Gasteiger partial charge >= 0.3 is 51.4 Å². The van der Waals surface area contributed by atoms with Crippen molar-refractivity contribution in [2.45, 2.75) is 4.90 Å². The fourth-order valence-corrected chi connectivity index (χ4v) is 2.59. The van der Waals surface area contributed by atoms with Gasteiger partial charge < -0.3 is 4.55 Å². The van der Waals surface area contributed by atoms with E-state index < -0.39 is 10.1 Å². The van der Waals surface area contributed by atoms with Crippen LogP contribution in [0.2, 0.25) is 0 Å². The molecule has 0 atom stereocenters. The second-order valence-corrected chi connectivity index (χ2v) is 4.68. The first-order chi connectivity index (χ1) is 7.54. The molecule has 0 spiro atoms. The van der Waals surface area contributed by atoms with Crippen molar-refractivity contribution in [1.29, 1.82) is 0 Å². The number of fused-ring (bicyclic) bond motifs is 1. The van der Waals surface area contributed by atoms with Crippen LogP contribution in [0.15, 0.2) is 47.9 Å². The summed E-state index contributed by atoms with van der Waals surface area (Å²) in [6, 6.07) is 10.2. The molecule has 0 saturated heterocycles. The zero-order valence-electron chi connectivity index (χ0n) is 9.38. The Balaban J connectivity index is 0.00000144. The van der Waals surface area contributed by atoms with Crippen LogP contribution >= 0.6 is 0 Å². The summed E-state index contributed by atoms with van der Waals surface area (Å²) in [6.07, 6.45) is 1.37. The minimum atomic E-state index is -4.49. The van der Waals surface area contributed by atoms with E-state index in [9.17, 15) is 13.0 Å². The van der Waals surface area contributed by atoms with Crippen LogP contribution in [0.4, 0.5) is 0 Å². The van der Waals surface area contributed by atoms with Crippen LogP contribution < -0.4 is 51.4 Å². The molecule has 0 heterocycles. The minimum absolute atomic E-state index is 0. The zero-order valence-corrected chi connectivity index (χ0v) is 13.3. The fraction of sp³-hybridized carbons (Fsp3) is 0. The summed E-state index contributed by atoms with van der Waals surface area (Å²) in [7, 11) is -4.49. The van der Waals surface area contributed by atoms with Crippen molar-refractivity contribution in [3.05, 3.63) is 48.5 Å². The summed E-state index contributed by atoms with van der Waals surface area (Å²) < 4.78 is 33.7. The van der Waals surface area contributed by atoms with Gasteiger partial charge in [0.15, 0.2) is 0 Å². The third-order valence-corrected chi connectivity index (χ3v) is 3.34. The predicted molar refractivity (Wildman–Crippen MR) is 62.0 cm³/mol. The SMILES string of the molecule is C=Cc1ccc2ccccc2c1S(=O)(=O)[O-].[K+]. The predicted octanol–water partition coefficient (Wildman–Crippen LogP) is -0.609. The first-order valence-corrected chi connectivity index (χ1v) is 6.05. The smallest absolute Gasteiger partial charge is 0.744 e. The average molecular weight is 272 g/mol. The van der Waals surface area contributed by atoms with Crippen molar-refractivity contribution in [2.75, 3.05) is 0 Å². The van der Waals surface area contributed by atoms with Gasteiger partial charge in [-0.2, -0.15) is 0 Å². The van der Waals surface area contributed by atoms with E-state index in [1.54, 1.807) is 36.4 Å². The van der Waals surface area contributed by atoms with Gasteiger partial charge in [0.2, 0.25) is 0 Å². The molecule has 17 heavy (non-hydrogen) atoms. The van der Waals surface area contributed by atoms with E-state index in [1.807, 2.05) is 0 Å². The van der Waals surface area contributed by atoms with Gasteiger partial charge in [0.25, 0.3) is 0 Å². The van der Waals surface area contributed by atoms with Crippen LogP contribution in [0.5, 0.6) is 0 Å². The van der Waals surface area contributed by atoms with Gasteiger partial charge in [0.1, 0.15) is 10.1 Å². The fourth-order valence-electron chi connectivity index (χ4n) is 1.70. The number of rotatable bonds is 2. The number of benzene rings is 2. The van der Waals surface area contributed by atoms with Gasteiger partial charge in [-0.15, -0.1) is 0 Å². The van der Waals surface area contributed by atoms with E-state index in [1.165, 1.54) is 6.08 Å². The Hall–Kier alpha value is -0.0136. The summed E-state index contributed by atoms with van der Waals surface area (Å²) in [6.45, 7) is 3.51. The molecular formula is C12H9KO3S. The molecule has 0 fully saturated rings. The molecule has 0 aliphatic carbocycles. The Morgan fingerprint density at radius 2 is 1.76 bits per heavy atom. The maximum atomic E-state index is 11.2. The molecule has 0 radical (unpaired) electrons. The molecular weight excluding hydrogens is 263 g/mol. The summed E-state index contributed by atoms with van der Waals surface area (Å²) in [5.74, 6) is 0. The number of hydrogen-bond acceptors (Lipinski definition) is 3. The van der Waals surface area contributed by atoms with E-state index >= 15 is 0 Å². The summed E-state index contributed by atoms with van der Waals surface area (Å²) in [5, 5.41) is 1.16. The van der Waals surface area contributed by atoms with Gasteiger partial charge in [-0.25, -0.2) is 8.42 Å². The monoisotopic (exact) mass is 272 g/mol. The third-order valence-electron chi connectivity index (χ3n) is 2.38. The van der Waals surface area contributed by atoms with Crippen LogP contribution in [0, 0.1) is 0 Å². The molecule has 3 nitrogen and oxygen atoms in total. The molecule has 0 unspecified atom stereocenters. The van der Waals surface area contributed by atoms with E-state index in [2.05, 4.69) is 6.58 Å². The second kappa shape index (κ2) is 5.75. The van der Waals surface area contributed by atoms with E-state index in [0.29, 0.717) is 10.9 Å². The van der Waals surface area contributed by atoms with E-state index in [4.69, 9.17) is 0 Å². The topological polar surface area (TPSA) is 57.2 Å². The van der Waals surface area contributed by atoms with Gasteiger partial charge in [0.05, 0.1) is 4.90 Å². The van der Waals surface area contributed by atoms with Crippen LogP contribution in [0.25, 0.3) is 16.8 Å². The number of hydrogen-bond donors (Lipinski definition) is 0. The molecule has 0 amide bonds. The second-order valence-electron chi connectivity index (χ2n) is 3.36. The van der Waals surface area contributed by atoms with Gasteiger partial charge in [-0.1, -0.05) is 49.1 Å². The molecule has 0 aliphatic rings. The zero-order chi connectivity index (χ0) is 11.8. The van der Waals surface area contributed by atoms with Crippen molar-refractivity contribution in [3.63, 3.8) is 0 Å². The molecule has 0 saturated carbocycles. The van der Waals surface area contributed by atoms with Crippen molar-refractivity contribution < 1.29 is 64.4 Å². The van der Waals surface area contributed by atoms with Crippen molar-refractivity contribution in [1.82, 2.24) is 0 Å². The van der Waals surface area contributed by atoms with Crippen molar-refractivity contribution in [2.24, 2.45) is 0 Å². The summed E-state index contributed by atoms with van der Waals surface area (Å²) in [4.78, 5) is -0.194. The molecule has 2 rings (SSSR count). The Kier molecular flexibility index (Phi) is 5.09. The Labute approximate surface area is 143 Å². The van der Waals surface area contributed by atoms with Crippen LogP contribution in [0.1, 0.15) is 5.56 Å². The van der Waals surface area contributed by atoms with Gasteiger partial charge in [-0.05, 0) is 16.3 Å². The molecule has 82 valence electrons. The first kappa shape index (κ1) is 15.0. The molecule has 0 aromatic heterocycles. The Morgan fingerprint density at radius 3 is 2.35 bits per heavy atom. The van der Waals surface area contributed by atoms with Crippen LogP contribution in [0.3, 0.4) is 0 Å². The average Bonchev–Trinajstić information content (AvgIpc) is 2.26. The van der Waals surface area contributed by atoms with Gasteiger partial charge in [0, 0.05) is 0 Å². The molecule has 2 aromatic rings. The molecule has 0 bridgehead atoms. The standard InChI is InChI=1S/C12H10O3S.K/c1-2-9-7-8-10-5-3-4-6-11(10)12(9)16(13,14)15;/h2-8H,1H2,(H,13,14,15);/q;+1/p-1. The molecule has 5 heteroatoms. The van der Waals surface area contributed by atoms with E-state index in [-0.39, 0.29) is 56.3 Å². The summed E-state index contributed by atoms with van der Waals surface area (Å²) in [5.41, 5.74) is 0.341. The molecule has 0 N–H and O–H groups in total. The quantitative estimate of drug-likeness (QED) is 0.541. The van der Waals surface area contributed by atoms with E-state index in [0.717, 1.165) is 5.39 Å². The minimum Gasteiger partial charge on any atom is -0.744 e. The molecule has 0 aliphatic heterocycles. The van der Waals surface area contributed by atoms with Crippen LogP contribution in [-0.4, -0.2) is 13.0 Å². The normalized spacial score (nSPS) is 10.9. The maximum Gasteiger partial charge on any atom is 1.00 e. The summed E-state index contributed by atoms with van der Waals surface area (Å²) >= 11 is 0. The Bertz CT molecular complexity index is 663. The van der Waals surface area contributed by atoms with Crippen LogP contribution in [-0.2, 0) is 10.1 Å². The molecule has 2 aromatic carbocycles.